The van der Waals surface area contributed by atoms with E-state index in [1.165, 1.54) is 22.1 Å². The lowest BCUT2D eigenvalue weighted by Gasteiger charge is -2.02. The number of aryl methyl sites for hydroxylation is 1. The van der Waals surface area contributed by atoms with Gasteiger partial charge in [-0.15, -0.1) is 16.4 Å². The molecule has 0 spiro atoms. The van der Waals surface area contributed by atoms with E-state index in [4.69, 9.17) is 0 Å². The van der Waals surface area contributed by atoms with Crippen molar-refractivity contribution in [2.45, 2.75) is 25.2 Å². The minimum atomic E-state index is -0.346. The third-order valence-electron chi connectivity index (χ3n) is 4.06. The monoisotopic (exact) mass is 357 g/mol. The zero-order valence-electron chi connectivity index (χ0n) is 13.6. The van der Waals surface area contributed by atoms with E-state index in [1.54, 1.807) is 25.4 Å². The minimum Gasteiger partial charge on any atom is -0.296 e. The molecule has 0 unspecified atom stereocenters. The second-order valence-corrected chi connectivity index (χ2v) is 7.19. The first-order valence-electron chi connectivity index (χ1n) is 8.01. The smallest absolute Gasteiger partial charge is 0.279 e. The van der Waals surface area contributed by atoms with E-state index >= 15 is 0 Å². The third kappa shape index (κ3) is 3.43. The van der Waals surface area contributed by atoms with Crippen molar-refractivity contribution in [1.29, 1.82) is 0 Å². The van der Waals surface area contributed by atoms with Crippen molar-refractivity contribution in [2.24, 2.45) is 7.05 Å². The number of benzene rings is 1. The summed E-state index contributed by atoms with van der Waals surface area (Å²) in [5, 5.41) is 10.8. The molecule has 1 aliphatic rings. The second-order valence-electron chi connectivity index (χ2n) is 6.10. The molecule has 0 atom stereocenters. The summed E-state index contributed by atoms with van der Waals surface area (Å²) in [6, 6.07) is 6.75. The third-order valence-corrected chi connectivity index (χ3v) is 5.04. The first-order chi connectivity index (χ1) is 12.1. The van der Waals surface area contributed by atoms with Gasteiger partial charge in [0, 0.05) is 24.3 Å². The Morgan fingerprint density at radius 3 is 2.88 bits per heavy atom. The molecule has 0 saturated heterocycles. The Hall–Kier alpha value is -2.61. The number of hydrogen-bond acceptors (Lipinski definition) is 5. The lowest BCUT2D eigenvalue weighted by atomic mass is 10.1. The van der Waals surface area contributed by atoms with Gasteiger partial charge in [-0.3, -0.25) is 14.8 Å². The Kier molecular flexibility index (Phi) is 4.04. The van der Waals surface area contributed by atoms with Crippen LogP contribution in [0.1, 0.15) is 45.4 Å². The van der Waals surface area contributed by atoms with Crippen molar-refractivity contribution in [3.63, 3.8) is 0 Å². The number of rotatable bonds is 5. The molecule has 3 aromatic rings. The molecule has 1 N–H and O–H groups in total. The number of halogens is 1. The normalized spacial score (nSPS) is 13.8. The minimum absolute atomic E-state index is 0.220. The molecule has 0 aliphatic heterocycles. The number of anilines is 1. The SMILES string of the molecule is Cn1cc(C(=O)Nc2nc(C3CC3)c(Cc3ccccc3F)s2)nn1. The van der Waals surface area contributed by atoms with Gasteiger partial charge < -0.3 is 0 Å². The highest BCUT2D eigenvalue weighted by Crippen LogP contribution is 2.44. The molecule has 1 aromatic carbocycles. The van der Waals surface area contributed by atoms with Crippen LogP contribution in [0.2, 0.25) is 0 Å². The fraction of sp³-hybridized carbons (Fsp3) is 0.294. The summed E-state index contributed by atoms with van der Waals surface area (Å²) in [6.07, 6.45) is 4.21. The summed E-state index contributed by atoms with van der Waals surface area (Å²) in [5.41, 5.74) is 1.85. The highest BCUT2D eigenvalue weighted by atomic mass is 32.1. The Balaban J connectivity index is 1.58. The molecule has 0 bridgehead atoms. The van der Waals surface area contributed by atoms with Gasteiger partial charge >= 0.3 is 0 Å². The molecule has 1 amide bonds. The van der Waals surface area contributed by atoms with Gasteiger partial charge in [-0.2, -0.15) is 0 Å². The van der Waals surface area contributed by atoms with Crippen LogP contribution in [0.25, 0.3) is 0 Å². The Labute approximate surface area is 147 Å². The number of aromatic nitrogens is 4. The van der Waals surface area contributed by atoms with Crippen LogP contribution in [0.3, 0.4) is 0 Å². The topological polar surface area (TPSA) is 72.7 Å². The van der Waals surface area contributed by atoms with Crippen LogP contribution in [0, 0.1) is 5.82 Å². The molecule has 1 fully saturated rings. The average molecular weight is 357 g/mol. The van der Waals surface area contributed by atoms with E-state index in [2.05, 4.69) is 20.6 Å². The number of thiazole rings is 1. The Morgan fingerprint density at radius 2 is 2.20 bits per heavy atom. The molecule has 25 heavy (non-hydrogen) atoms. The van der Waals surface area contributed by atoms with E-state index in [1.807, 2.05) is 6.07 Å². The molecule has 0 radical (unpaired) electrons. The maximum atomic E-state index is 14.0. The van der Waals surface area contributed by atoms with Crippen molar-refractivity contribution in [3.8, 4) is 0 Å². The molecule has 1 saturated carbocycles. The van der Waals surface area contributed by atoms with Gasteiger partial charge in [-0.1, -0.05) is 23.4 Å². The summed E-state index contributed by atoms with van der Waals surface area (Å²) >= 11 is 1.40. The van der Waals surface area contributed by atoms with E-state index in [0.717, 1.165) is 23.4 Å². The molecular formula is C17H16FN5OS. The van der Waals surface area contributed by atoms with Crippen LogP contribution in [-0.2, 0) is 13.5 Å². The maximum absolute atomic E-state index is 14.0. The number of amides is 1. The quantitative estimate of drug-likeness (QED) is 0.761. The van der Waals surface area contributed by atoms with E-state index < -0.39 is 0 Å². The highest BCUT2D eigenvalue weighted by Gasteiger charge is 2.30. The molecule has 6 nitrogen and oxygen atoms in total. The zero-order valence-corrected chi connectivity index (χ0v) is 14.4. The lowest BCUT2D eigenvalue weighted by Crippen LogP contribution is -2.12. The molecule has 2 aromatic heterocycles. The number of carbonyl (C=O) groups excluding carboxylic acids is 1. The van der Waals surface area contributed by atoms with Gasteiger partial charge in [-0.25, -0.2) is 9.37 Å². The van der Waals surface area contributed by atoms with Gasteiger partial charge in [0.25, 0.3) is 5.91 Å². The summed E-state index contributed by atoms with van der Waals surface area (Å²) in [7, 11) is 1.70. The summed E-state index contributed by atoms with van der Waals surface area (Å²) in [5.74, 6) is -0.148. The highest BCUT2D eigenvalue weighted by molar-refractivity contribution is 7.16. The summed E-state index contributed by atoms with van der Waals surface area (Å²) in [6.45, 7) is 0. The van der Waals surface area contributed by atoms with E-state index in [9.17, 15) is 9.18 Å². The van der Waals surface area contributed by atoms with Crippen LogP contribution < -0.4 is 5.32 Å². The number of nitrogens with zero attached hydrogens (tertiary/aromatic N) is 4. The fourth-order valence-corrected chi connectivity index (χ4v) is 3.71. The van der Waals surface area contributed by atoms with Crippen molar-refractivity contribution in [1.82, 2.24) is 20.0 Å². The summed E-state index contributed by atoms with van der Waals surface area (Å²) < 4.78 is 15.4. The lowest BCUT2D eigenvalue weighted by molar-refractivity contribution is 0.102. The van der Waals surface area contributed by atoms with Gasteiger partial charge in [0.1, 0.15) is 5.82 Å². The van der Waals surface area contributed by atoms with Crippen molar-refractivity contribution >= 4 is 22.4 Å². The van der Waals surface area contributed by atoms with Crippen LogP contribution in [-0.4, -0.2) is 25.9 Å². The van der Waals surface area contributed by atoms with Gasteiger partial charge in [0.2, 0.25) is 0 Å². The van der Waals surface area contributed by atoms with Crippen molar-refractivity contribution < 1.29 is 9.18 Å². The number of nitrogens with one attached hydrogen (secondary N) is 1. The molecule has 128 valence electrons. The second kappa shape index (κ2) is 6.36. The van der Waals surface area contributed by atoms with Gasteiger partial charge in [0.15, 0.2) is 10.8 Å². The molecule has 2 heterocycles. The first kappa shape index (κ1) is 15.9. The average Bonchev–Trinajstić information content (AvgIpc) is 3.22. The Morgan fingerprint density at radius 1 is 1.40 bits per heavy atom. The van der Waals surface area contributed by atoms with Crippen LogP contribution in [0.15, 0.2) is 30.5 Å². The van der Waals surface area contributed by atoms with E-state index in [0.29, 0.717) is 23.0 Å². The van der Waals surface area contributed by atoms with Gasteiger partial charge in [-0.05, 0) is 24.5 Å². The van der Waals surface area contributed by atoms with Crippen LogP contribution in [0.5, 0.6) is 0 Å². The largest absolute Gasteiger partial charge is 0.296 e. The number of carbonyl (C=O) groups is 1. The number of hydrogen-bond donors (Lipinski definition) is 1. The zero-order chi connectivity index (χ0) is 17.4. The van der Waals surface area contributed by atoms with Crippen molar-refractivity contribution in [3.05, 3.63) is 58.1 Å². The molecular weight excluding hydrogens is 341 g/mol. The Bertz CT molecular complexity index is 931. The van der Waals surface area contributed by atoms with Crippen LogP contribution >= 0.6 is 11.3 Å². The molecule has 8 heteroatoms. The predicted molar refractivity (Wildman–Crippen MR) is 92.3 cm³/mol. The van der Waals surface area contributed by atoms with E-state index in [-0.39, 0.29) is 17.4 Å². The first-order valence-corrected chi connectivity index (χ1v) is 8.82. The van der Waals surface area contributed by atoms with Crippen molar-refractivity contribution in [2.75, 3.05) is 5.32 Å². The van der Waals surface area contributed by atoms with Gasteiger partial charge in [0.05, 0.1) is 11.9 Å². The standard InChI is InChI=1S/C17H16FN5OS/c1-23-9-13(21-22-23)16(24)20-17-19-15(10-6-7-10)14(25-17)8-11-4-2-3-5-12(11)18/h2-5,9-10H,6-8H2,1H3,(H,19,20,24). The summed E-state index contributed by atoms with van der Waals surface area (Å²) in [4.78, 5) is 17.8. The maximum Gasteiger partial charge on any atom is 0.279 e. The molecule has 4 rings (SSSR count). The van der Waals surface area contributed by atoms with Crippen LogP contribution in [0.4, 0.5) is 9.52 Å². The molecule has 1 aliphatic carbocycles. The predicted octanol–water partition coefficient (Wildman–Crippen LogP) is 3.13. The fourth-order valence-electron chi connectivity index (χ4n) is 2.65.